The molecule has 0 spiro atoms. The van der Waals surface area contributed by atoms with Crippen LogP contribution in [0.15, 0.2) is 12.7 Å². The summed E-state index contributed by atoms with van der Waals surface area (Å²) in [5.74, 6) is 0. The van der Waals surface area contributed by atoms with Gasteiger partial charge >= 0.3 is 0 Å². The Labute approximate surface area is 188 Å². The molecule has 31 heavy (non-hydrogen) atoms. The number of rotatable bonds is 28. The molecule has 0 aliphatic carbocycles. The topological polar surface area (TPSA) is 83.1 Å². The number of methoxy groups -OCH3 is 1. The zero-order chi connectivity index (χ0) is 22.5. The highest BCUT2D eigenvalue weighted by Gasteiger charge is 1.95. The highest BCUT2D eigenvalue weighted by Crippen LogP contribution is 1.89. The quantitative estimate of drug-likeness (QED) is 0.130. The Morgan fingerprint density at radius 3 is 1.06 bits per heavy atom. The van der Waals surface area contributed by atoms with Crippen molar-refractivity contribution in [2.75, 3.05) is 119 Å². The Morgan fingerprint density at radius 1 is 0.419 bits per heavy atom. The van der Waals surface area contributed by atoms with Gasteiger partial charge < -0.3 is 42.6 Å². The van der Waals surface area contributed by atoms with E-state index in [0.717, 1.165) is 26.1 Å². The first-order valence-electron chi connectivity index (χ1n) is 11.1. The second-order valence-electron chi connectivity index (χ2n) is 6.35. The van der Waals surface area contributed by atoms with E-state index in [9.17, 15) is 0 Å². The van der Waals surface area contributed by atoms with Gasteiger partial charge in [-0.25, -0.2) is 0 Å². The lowest BCUT2D eigenvalue weighted by Crippen LogP contribution is -2.14. The van der Waals surface area contributed by atoms with Crippen LogP contribution in [0.4, 0.5) is 0 Å². The smallest absolute Gasteiger partial charge is 0.0704 e. The highest BCUT2D eigenvalue weighted by atomic mass is 16.6. The van der Waals surface area contributed by atoms with Crippen molar-refractivity contribution < 1.29 is 42.6 Å². The van der Waals surface area contributed by atoms with Crippen LogP contribution >= 0.6 is 0 Å². The number of hydrogen-bond donors (Lipinski definition) is 0. The fraction of sp³-hybridized carbons (Fsp3) is 0.909. The highest BCUT2D eigenvalue weighted by molar-refractivity contribution is 4.63. The summed E-state index contributed by atoms with van der Waals surface area (Å²) < 4.78 is 48.1. The molecular formula is C22H44O9. The molecular weight excluding hydrogens is 408 g/mol. The van der Waals surface area contributed by atoms with Crippen LogP contribution in [0, 0.1) is 0 Å². The lowest BCUT2D eigenvalue weighted by molar-refractivity contribution is -0.0204. The van der Waals surface area contributed by atoms with E-state index in [1.54, 1.807) is 13.2 Å². The molecule has 0 unspecified atom stereocenters. The third kappa shape index (κ3) is 29.4. The van der Waals surface area contributed by atoms with Crippen molar-refractivity contribution in [3.05, 3.63) is 12.7 Å². The van der Waals surface area contributed by atoms with Gasteiger partial charge in [0.25, 0.3) is 0 Å². The Kier molecular flexibility index (Phi) is 28.8. The number of hydrogen-bond acceptors (Lipinski definition) is 9. The van der Waals surface area contributed by atoms with E-state index in [0.29, 0.717) is 99.1 Å². The van der Waals surface area contributed by atoms with E-state index in [4.69, 9.17) is 42.6 Å². The Hall–Kier alpha value is -0.620. The predicted molar refractivity (Wildman–Crippen MR) is 118 cm³/mol. The van der Waals surface area contributed by atoms with Crippen LogP contribution in [0.5, 0.6) is 0 Å². The maximum atomic E-state index is 5.48. The molecule has 0 aliphatic heterocycles. The van der Waals surface area contributed by atoms with Crippen molar-refractivity contribution in [3.63, 3.8) is 0 Å². The first-order valence-corrected chi connectivity index (χ1v) is 11.1. The molecule has 0 aliphatic rings. The summed E-state index contributed by atoms with van der Waals surface area (Å²) in [6.45, 7) is 13.6. The molecule has 0 rings (SSSR count). The molecule has 0 aromatic heterocycles. The molecule has 0 aromatic rings. The van der Waals surface area contributed by atoms with Gasteiger partial charge in [-0.2, -0.15) is 0 Å². The summed E-state index contributed by atoms with van der Waals surface area (Å²) in [4.78, 5) is 0. The van der Waals surface area contributed by atoms with Crippen LogP contribution in [-0.2, 0) is 42.6 Å². The summed E-state index contributed by atoms with van der Waals surface area (Å²) >= 11 is 0. The first kappa shape index (κ1) is 30.4. The summed E-state index contributed by atoms with van der Waals surface area (Å²) in [7, 11) is 1.69. The average molecular weight is 453 g/mol. The van der Waals surface area contributed by atoms with Gasteiger partial charge in [-0.3, -0.25) is 0 Å². The minimum Gasteiger partial charge on any atom is -0.385 e. The summed E-state index contributed by atoms with van der Waals surface area (Å²) in [5.41, 5.74) is 0. The minimum absolute atomic E-state index is 0.539. The van der Waals surface area contributed by atoms with E-state index in [1.807, 2.05) is 0 Å². The van der Waals surface area contributed by atoms with E-state index in [2.05, 4.69) is 6.58 Å². The molecule has 0 N–H and O–H groups in total. The van der Waals surface area contributed by atoms with Gasteiger partial charge in [0.15, 0.2) is 0 Å². The maximum Gasteiger partial charge on any atom is 0.0704 e. The monoisotopic (exact) mass is 452 g/mol. The van der Waals surface area contributed by atoms with E-state index in [1.165, 1.54) is 0 Å². The van der Waals surface area contributed by atoms with Gasteiger partial charge in [0.1, 0.15) is 0 Å². The molecule has 0 radical (unpaired) electrons. The van der Waals surface area contributed by atoms with Crippen molar-refractivity contribution in [2.24, 2.45) is 0 Å². The molecule has 186 valence electrons. The first-order chi connectivity index (χ1) is 15.4. The summed E-state index contributed by atoms with van der Waals surface area (Å²) in [6, 6.07) is 0. The average Bonchev–Trinajstić information content (AvgIpc) is 2.78. The Morgan fingerprint density at radius 2 is 0.710 bits per heavy atom. The molecule has 0 aromatic carbocycles. The second kappa shape index (κ2) is 29.4. The SMILES string of the molecule is C=CCOCCOCCOCCOCCOCCOCCOCCCOCCCOC. The molecule has 0 saturated carbocycles. The summed E-state index contributed by atoms with van der Waals surface area (Å²) in [5, 5.41) is 0. The van der Waals surface area contributed by atoms with Gasteiger partial charge in [-0.1, -0.05) is 6.08 Å². The second-order valence-corrected chi connectivity index (χ2v) is 6.35. The van der Waals surface area contributed by atoms with Gasteiger partial charge in [0.2, 0.25) is 0 Å². The fourth-order valence-corrected chi connectivity index (χ4v) is 2.16. The summed E-state index contributed by atoms with van der Waals surface area (Å²) in [6.07, 6.45) is 3.53. The Bertz CT molecular complexity index is 332. The molecule has 0 heterocycles. The van der Waals surface area contributed by atoms with Crippen LogP contribution in [0.3, 0.4) is 0 Å². The Balaban J connectivity index is 2.98. The zero-order valence-corrected chi connectivity index (χ0v) is 19.4. The number of ether oxygens (including phenoxy) is 9. The van der Waals surface area contributed by atoms with E-state index in [-0.39, 0.29) is 0 Å². The van der Waals surface area contributed by atoms with Crippen molar-refractivity contribution >= 4 is 0 Å². The molecule has 9 heteroatoms. The van der Waals surface area contributed by atoms with Crippen molar-refractivity contribution in [2.45, 2.75) is 12.8 Å². The van der Waals surface area contributed by atoms with Crippen LogP contribution in [0.25, 0.3) is 0 Å². The van der Waals surface area contributed by atoms with Crippen molar-refractivity contribution in [1.29, 1.82) is 0 Å². The van der Waals surface area contributed by atoms with Gasteiger partial charge in [-0.15, -0.1) is 6.58 Å². The molecule has 0 bridgehead atoms. The van der Waals surface area contributed by atoms with Gasteiger partial charge in [0, 0.05) is 33.5 Å². The van der Waals surface area contributed by atoms with E-state index >= 15 is 0 Å². The van der Waals surface area contributed by atoms with Crippen LogP contribution in [0.1, 0.15) is 12.8 Å². The molecule has 0 fully saturated rings. The predicted octanol–water partition coefficient (Wildman–Crippen LogP) is 1.73. The van der Waals surface area contributed by atoms with Gasteiger partial charge in [0.05, 0.1) is 85.9 Å². The van der Waals surface area contributed by atoms with Crippen LogP contribution < -0.4 is 0 Å². The fourth-order valence-electron chi connectivity index (χ4n) is 2.16. The lowest BCUT2D eigenvalue weighted by Gasteiger charge is -2.08. The van der Waals surface area contributed by atoms with Gasteiger partial charge in [-0.05, 0) is 12.8 Å². The minimum atomic E-state index is 0.539. The normalized spacial score (nSPS) is 11.3. The van der Waals surface area contributed by atoms with Crippen LogP contribution in [0.2, 0.25) is 0 Å². The van der Waals surface area contributed by atoms with Crippen molar-refractivity contribution in [1.82, 2.24) is 0 Å². The third-order valence-electron chi connectivity index (χ3n) is 3.68. The zero-order valence-electron chi connectivity index (χ0n) is 19.4. The molecule has 0 saturated heterocycles. The van der Waals surface area contributed by atoms with E-state index < -0.39 is 0 Å². The molecule has 0 atom stereocenters. The lowest BCUT2D eigenvalue weighted by atomic mass is 10.4. The van der Waals surface area contributed by atoms with Crippen LogP contribution in [-0.4, -0.2) is 119 Å². The van der Waals surface area contributed by atoms with Crippen molar-refractivity contribution in [3.8, 4) is 0 Å². The molecule has 0 amide bonds. The largest absolute Gasteiger partial charge is 0.385 e. The maximum absolute atomic E-state index is 5.48. The standard InChI is InChI=1S/C22H44O9/c1-3-6-24-11-13-27-15-17-29-19-21-31-22-20-30-18-16-28-14-12-26-10-5-9-25-8-4-7-23-2/h3H,1,4-22H2,2H3. The molecule has 9 nitrogen and oxygen atoms in total. The third-order valence-corrected chi connectivity index (χ3v) is 3.68.